The molecule has 0 amide bonds. The number of nitrogens with one attached hydrogen (secondary N) is 1. The first-order valence-corrected chi connectivity index (χ1v) is 7.86. The Morgan fingerprint density at radius 1 is 1.42 bits per heavy atom. The van der Waals surface area contributed by atoms with E-state index in [9.17, 15) is 5.26 Å². The first-order chi connectivity index (χ1) is 8.91. The summed E-state index contributed by atoms with van der Waals surface area (Å²) in [7, 11) is 0. The number of rotatable bonds is 7. The largest absolute Gasteiger partial charge is 0.298 e. The molecule has 0 saturated carbocycles. The molecule has 1 heterocycles. The third kappa shape index (κ3) is 4.78. The van der Waals surface area contributed by atoms with E-state index in [1.165, 1.54) is 19.3 Å². The molecule has 3 unspecified atom stereocenters. The van der Waals surface area contributed by atoms with Crippen LogP contribution < -0.4 is 5.32 Å². The number of hydrogen-bond donors (Lipinski definition) is 1. The Morgan fingerprint density at radius 3 is 2.63 bits per heavy atom. The van der Waals surface area contributed by atoms with Crippen LogP contribution in [0.15, 0.2) is 0 Å². The van der Waals surface area contributed by atoms with Crippen LogP contribution in [-0.2, 0) is 0 Å². The maximum absolute atomic E-state index is 9.35. The van der Waals surface area contributed by atoms with Gasteiger partial charge in [-0.3, -0.25) is 10.2 Å². The Morgan fingerprint density at radius 2 is 2.11 bits per heavy atom. The highest BCUT2D eigenvalue weighted by molar-refractivity contribution is 5.04. The van der Waals surface area contributed by atoms with Crippen LogP contribution in [0.4, 0.5) is 0 Å². The molecule has 1 aliphatic heterocycles. The van der Waals surface area contributed by atoms with E-state index in [1.807, 2.05) is 6.92 Å². The summed E-state index contributed by atoms with van der Waals surface area (Å²) in [5.74, 6) is 0. The minimum absolute atomic E-state index is 0.360. The molecule has 1 saturated heterocycles. The van der Waals surface area contributed by atoms with E-state index in [2.05, 4.69) is 44.0 Å². The average Bonchev–Trinajstić information content (AvgIpc) is 2.70. The Balaban J connectivity index is 2.42. The molecule has 3 heteroatoms. The van der Waals surface area contributed by atoms with Gasteiger partial charge in [-0.25, -0.2) is 0 Å². The summed E-state index contributed by atoms with van der Waals surface area (Å²) in [6.45, 7) is 12.0. The molecular formula is C16H31N3. The zero-order valence-electron chi connectivity index (χ0n) is 13.4. The van der Waals surface area contributed by atoms with E-state index < -0.39 is 0 Å². The van der Waals surface area contributed by atoms with Crippen LogP contribution >= 0.6 is 0 Å². The predicted molar refractivity (Wildman–Crippen MR) is 81.0 cm³/mol. The van der Waals surface area contributed by atoms with Crippen molar-refractivity contribution in [3.8, 4) is 6.07 Å². The van der Waals surface area contributed by atoms with Gasteiger partial charge in [-0.2, -0.15) is 5.26 Å². The third-order valence-corrected chi connectivity index (χ3v) is 4.37. The molecule has 1 fully saturated rings. The summed E-state index contributed by atoms with van der Waals surface area (Å²) in [4.78, 5) is 2.65. The first-order valence-electron chi connectivity index (χ1n) is 7.86. The van der Waals surface area contributed by atoms with Gasteiger partial charge in [0.1, 0.15) is 5.54 Å². The van der Waals surface area contributed by atoms with Gasteiger partial charge in [-0.05, 0) is 66.3 Å². The second kappa shape index (κ2) is 7.26. The van der Waals surface area contributed by atoms with Crippen LogP contribution in [-0.4, -0.2) is 35.1 Å². The lowest BCUT2D eigenvalue weighted by atomic mass is 9.96. The Kier molecular flexibility index (Phi) is 6.29. The second-order valence-electron chi connectivity index (χ2n) is 6.57. The third-order valence-electron chi connectivity index (χ3n) is 4.37. The zero-order valence-corrected chi connectivity index (χ0v) is 13.4. The van der Waals surface area contributed by atoms with Gasteiger partial charge in [0.25, 0.3) is 0 Å². The molecule has 0 aromatic rings. The van der Waals surface area contributed by atoms with Crippen LogP contribution in [0.5, 0.6) is 0 Å². The summed E-state index contributed by atoms with van der Waals surface area (Å²) in [6, 6.07) is 4.29. The first kappa shape index (κ1) is 16.5. The van der Waals surface area contributed by atoms with Crippen LogP contribution in [0.2, 0.25) is 0 Å². The summed E-state index contributed by atoms with van der Waals surface area (Å²) < 4.78 is 0. The zero-order chi connectivity index (χ0) is 14.5. The van der Waals surface area contributed by atoms with E-state index in [0.717, 1.165) is 31.5 Å². The average molecular weight is 265 g/mol. The summed E-state index contributed by atoms with van der Waals surface area (Å²) >= 11 is 0. The molecule has 1 rings (SSSR count). The summed E-state index contributed by atoms with van der Waals surface area (Å²) in [5, 5.41) is 12.7. The molecule has 0 spiro atoms. The van der Waals surface area contributed by atoms with Crippen molar-refractivity contribution in [3.05, 3.63) is 0 Å². The number of likely N-dealkylation sites (tertiary alicyclic amines) is 1. The lowest BCUT2D eigenvalue weighted by Gasteiger charge is -2.30. The standard InChI is InChI=1S/C16H31N3/c1-6-15-9-8-14(4)19(15)11-7-10-16(5,12-17)18-13(2)3/h13-15,18H,6-11H2,1-5H3. The highest BCUT2D eigenvalue weighted by Crippen LogP contribution is 2.26. The molecule has 3 nitrogen and oxygen atoms in total. The van der Waals surface area contributed by atoms with Gasteiger partial charge in [-0.1, -0.05) is 6.92 Å². The highest BCUT2D eigenvalue weighted by Gasteiger charge is 2.30. The second-order valence-corrected chi connectivity index (χ2v) is 6.57. The Labute approximate surface area is 119 Å². The fourth-order valence-corrected chi connectivity index (χ4v) is 3.38. The summed E-state index contributed by atoms with van der Waals surface area (Å²) in [5.41, 5.74) is -0.376. The molecule has 110 valence electrons. The van der Waals surface area contributed by atoms with E-state index in [-0.39, 0.29) is 5.54 Å². The van der Waals surface area contributed by atoms with Crippen molar-refractivity contribution >= 4 is 0 Å². The SMILES string of the molecule is CCC1CCC(C)N1CCCC(C)(C#N)NC(C)C. The van der Waals surface area contributed by atoms with Crippen molar-refractivity contribution in [2.75, 3.05) is 6.54 Å². The van der Waals surface area contributed by atoms with Crippen molar-refractivity contribution in [1.29, 1.82) is 5.26 Å². The minimum atomic E-state index is -0.376. The topological polar surface area (TPSA) is 39.1 Å². The van der Waals surface area contributed by atoms with E-state index in [0.29, 0.717) is 6.04 Å². The van der Waals surface area contributed by atoms with Gasteiger partial charge >= 0.3 is 0 Å². The lowest BCUT2D eigenvalue weighted by molar-refractivity contribution is 0.188. The van der Waals surface area contributed by atoms with Gasteiger partial charge < -0.3 is 0 Å². The molecule has 1 aliphatic rings. The van der Waals surface area contributed by atoms with Crippen molar-refractivity contribution in [3.63, 3.8) is 0 Å². The minimum Gasteiger partial charge on any atom is -0.298 e. The highest BCUT2D eigenvalue weighted by atomic mass is 15.2. The van der Waals surface area contributed by atoms with Crippen LogP contribution in [0.25, 0.3) is 0 Å². The molecule has 0 radical (unpaired) electrons. The number of nitriles is 1. The van der Waals surface area contributed by atoms with Crippen LogP contribution in [0.3, 0.4) is 0 Å². The molecule has 0 aromatic heterocycles. The fourth-order valence-electron chi connectivity index (χ4n) is 3.38. The van der Waals surface area contributed by atoms with E-state index in [1.54, 1.807) is 0 Å². The van der Waals surface area contributed by atoms with Crippen LogP contribution in [0, 0.1) is 11.3 Å². The monoisotopic (exact) mass is 265 g/mol. The van der Waals surface area contributed by atoms with Gasteiger partial charge in [-0.15, -0.1) is 0 Å². The normalized spacial score (nSPS) is 27.4. The maximum Gasteiger partial charge on any atom is 0.104 e. The Bertz CT molecular complexity index is 308. The maximum atomic E-state index is 9.35. The van der Waals surface area contributed by atoms with Gasteiger partial charge in [0.15, 0.2) is 0 Å². The molecule has 0 bridgehead atoms. The van der Waals surface area contributed by atoms with Crippen molar-refractivity contribution < 1.29 is 0 Å². The molecule has 19 heavy (non-hydrogen) atoms. The van der Waals surface area contributed by atoms with Gasteiger partial charge in [0, 0.05) is 18.1 Å². The molecule has 1 N–H and O–H groups in total. The smallest absolute Gasteiger partial charge is 0.104 e. The quantitative estimate of drug-likeness (QED) is 0.767. The fraction of sp³-hybridized carbons (Fsp3) is 0.938. The predicted octanol–water partition coefficient (Wildman–Crippen LogP) is 3.31. The Hall–Kier alpha value is -0.590. The van der Waals surface area contributed by atoms with Crippen molar-refractivity contribution in [2.24, 2.45) is 0 Å². The molecule has 0 aromatic carbocycles. The van der Waals surface area contributed by atoms with Crippen molar-refractivity contribution in [1.82, 2.24) is 10.2 Å². The molecular weight excluding hydrogens is 234 g/mol. The molecule has 3 atom stereocenters. The van der Waals surface area contributed by atoms with E-state index >= 15 is 0 Å². The number of hydrogen-bond acceptors (Lipinski definition) is 3. The lowest BCUT2D eigenvalue weighted by Crippen LogP contribution is -2.45. The van der Waals surface area contributed by atoms with Gasteiger partial charge in [0.05, 0.1) is 6.07 Å². The number of nitrogens with zero attached hydrogens (tertiary/aromatic N) is 2. The van der Waals surface area contributed by atoms with E-state index in [4.69, 9.17) is 0 Å². The van der Waals surface area contributed by atoms with Crippen molar-refractivity contribution in [2.45, 2.75) is 90.4 Å². The van der Waals surface area contributed by atoms with Crippen LogP contribution in [0.1, 0.15) is 66.7 Å². The van der Waals surface area contributed by atoms with Gasteiger partial charge in [0.2, 0.25) is 0 Å². The molecule has 0 aliphatic carbocycles. The summed E-state index contributed by atoms with van der Waals surface area (Å²) in [6.07, 6.45) is 5.96.